The summed E-state index contributed by atoms with van der Waals surface area (Å²) in [5.74, 6) is 0.371. The maximum atomic E-state index is 12.7. The Hall–Kier alpha value is -1.78. The minimum Gasteiger partial charge on any atom is -0.396 e. The van der Waals surface area contributed by atoms with Gasteiger partial charge >= 0.3 is 0 Å². The van der Waals surface area contributed by atoms with Crippen LogP contribution in [0.4, 0.5) is 0 Å². The Balaban J connectivity index is 2.23. The molecule has 0 saturated heterocycles. The van der Waals surface area contributed by atoms with E-state index in [2.05, 4.69) is 0 Å². The summed E-state index contributed by atoms with van der Waals surface area (Å²) in [6, 6.07) is 5.35. The molecule has 108 valence electrons. The average molecular weight is 300 g/mol. The summed E-state index contributed by atoms with van der Waals surface area (Å²) < 4.78 is 0. The van der Waals surface area contributed by atoms with E-state index in [1.165, 1.54) is 6.92 Å². The van der Waals surface area contributed by atoms with Crippen LogP contribution in [0.3, 0.4) is 0 Å². The molecular formula is C17H16O3S. The minimum atomic E-state index is -0.282. The van der Waals surface area contributed by atoms with E-state index >= 15 is 0 Å². The molecule has 0 radical (unpaired) electrons. The van der Waals surface area contributed by atoms with Crippen molar-refractivity contribution in [2.45, 2.75) is 11.8 Å². The van der Waals surface area contributed by atoms with Gasteiger partial charge in [0.2, 0.25) is 0 Å². The SMILES string of the molecule is CC(=O)c1ccc2c(c1)C(=O)C1C=CC=CC1=S2CCO. The number of hydrogen-bond donors (Lipinski definition) is 1. The molecule has 0 fully saturated rings. The van der Waals surface area contributed by atoms with Crippen LogP contribution in [-0.4, -0.2) is 33.9 Å². The second-order valence-electron chi connectivity index (χ2n) is 5.07. The van der Waals surface area contributed by atoms with Crippen LogP contribution in [-0.2, 0) is 0 Å². The van der Waals surface area contributed by atoms with Crippen LogP contribution in [0.5, 0.6) is 0 Å². The van der Waals surface area contributed by atoms with E-state index in [4.69, 9.17) is 0 Å². The molecule has 1 aromatic carbocycles. The van der Waals surface area contributed by atoms with Gasteiger partial charge in [0.15, 0.2) is 11.6 Å². The molecule has 1 aromatic rings. The second-order valence-corrected chi connectivity index (χ2v) is 7.17. The van der Waals surface area contributed by atoms with E-state index < -0.39 is 0 Å². The standard InChI is InChI=1S/C17H16O3S/c1-11(19)12-6-7-16-14(10-12)17(20)13-4-2-3-5-15(13)21(16)9-8-18/h2-7,10,13,18H,8-9H2,1H3. The van der Waals surface area contributed by atoms with Crippen molar-refractivity contribution in [1.29, 1.82) is 0 Å². The van der Waals surface area contributed by atoms with Gasteiger partial charge in [-0.2, -0.15) is 0 Å². The largest absolute Gasteiger partial charge is 0.396 e. The van der Waals surface area contributed by atoms with Crippen LogP contribution >= 0.6 is 10.5 Å². The lowest BCUT2D eigenvalue weighted by molar-refractivity contribution is 0.0969. The van der Waals surface area contributed by atoms with Gasteiger partial charge in [-0.3, -0.25) is 9.59 Å². The van der Waals surface area contributed by atoms with Crippen LogP contribution in [0.2, 0.25) is 0 Å². The highest BCUT2D eigenvalue weighted by Crippen LogP contribution is 2.41. The normalized spacial score (nSPS) is 23.0. The molecule has 0 spiro atoms. The zero-order chi connectivity index (χ0) is 15.0. The molecule has 0 bridgehead atoms. The third-order valence-corrected chi connectivity index (χ3v) is 6.20. The molecule has 1 N–H and O–H groups in total. The number of rotatable bonds is 3. The summed E-state index contributed by atoms with van der Waals surface area (Å²) in [4.78, 5) is 26.3. The highest BCUT2D eigenvalue weighted by molar-refractivity contribution is 8.16. The summed E-state index contributed by atoms with van der Waals surface area (Å²) in [7, 11) is -0.282. The fourth-order valence-corrected chi connectivity index (χ4v) is 5.03. The van der Waals surface area contributed by atoms with Crippen molar-refractivity contribution in [1.82, 2.24) is 0 Å². The fraction of sp³-hybridized carbons (Fsp3) is 0.235. The summed E-state index contributed by atoms with van der Waals surface area (Å²) in [6.07, 6.45) is 7.71. The number of Topliss-reactive ketones (excluding diaryl/α,β-unsaturated/α-hetero) is 2. The van der Waals surface area contributed by atoms with Crippen LogP contribution in [0.15, 0.2) is 47.4 Å². The Bertz CT molecular complexity index is 726. The van der Waals surface area contributed by atoms with Crippen molar-refractivity contribution >= 4 is 26.9 Å². The van der Waals surface area contributed by atoms with Crippen molar-refractivity contribution in [3.8, 4) is 0 Å². The van der Waals surface area contributed by atoms with Crippen LogP contribution < -0.4 is 0 Å². The van der Waals surface area contributed by atoms with Gasteiger partial charge < -0.3 is 5.11 Å². The Labute approximate surface area is 125 Å². The summed E-state index contributed by atoms with van der Waals surface area (Å²) in [6.45, 7) is 1.59. The minimum absolute atomic E-state index is 0.0403. The lowest BCUT2D eigenvalue weighted by atomic mass is 9.90. The maximum absolute atomic E-state index is 12.7. The molecular weight excluding hydrogens is 284 g/mol. The van der Waals surface area contributed by atoms with Gasteiger partial charge in [0, 0.05) is 21.8 Å². The Morgan fingerprint density at radius 1 is 1.33 bits per heavy atom. The number of fused-ring (bicyclic) bond motifs is 2. The molecule has 0 amide bonds. The quantitative estimate of drug-likeness (QED) is 0.689. The molecule has 1 aliphatic heterocycles. The zero-order valence-corrected chi connectivity index (χ0v) is 12.5. The first kappa shape index (κ1) is 14.2. The molecule has 0 aromatic heterocycles. The summed E-state index contributed by atoms with van der Waals surface area (Å²) in [5, 5.41) is 9.36. The van der Waals surface area contributed by atoms with Gasteiger partial charge in [0.05, 0.1) is 12.5 Å². The van der Waals surface area contributed by atoms with E-state index in [0.29, 0.717) is 16.9 Å². The van der Waals surface area contributed by atoms with Crippen molar-refractivity contribution in [3.05, 3.63) is 53.6 Å². The first-order valence-electron chi connectivity index (χ1n) is 6.86. The highest BCUT2D eigenvalue weighted by atomic mass is 32.2. The molecule has 3 rings (SSSR count). The Morgan fingerprint density at radius 2 is 2.14 bits per heavy atom. The number of aliphatic hydroxyl groups excluding tert-OH is 1. The van der Waals surface area contributed by atoms with Gasteiger partial charge in [-0.15, -0.1) is 10.5 Å². The number of allylic oxidation sites excluding steroid dienone is 4. The van der Waals surface area contributed by atoms with Gasteiger partial charge in [0.1, 0.15) is 0 Å². The third-order valence-electron chi connectivity index (χ3n) is 3.76. The summed E-state index contributed by atoms with van der Waals surface area (Å²) in [5.41, 5.74) is 1.20. The number of ketones is 2. The zero-order valence-electron chi connectivity index (χ0n) is 11.7. The lowest BCUT2D eigenvalue weighted by Crippen LogP contribution is -2.28. The van der Waals surface area contributed by atoms with E-state index in [9.17, 15) is 14.7 Å². The van der Waals surface area contributed by atoms with Crippen LogP contribution in [0.25, 0.3) is 0 Å². The lowest BCUT2D eigenvalue weighted by Gasteiger charge is -2.28. The molecule has 4 heteroatoms. The Morgan fingerprint density at radius 3 is 2.86 bits per heavy atom. The van der Waals surface area contributed by atoms with Gasteiger partial charge in [-0.25, -0.2) is 0 Å². The van der Waals surface area contributed by atoms with E-state index in [1.807, 2.05) is 30.4 Å². The number of aliphatic hydroxyl groups is 1. The number of carbonyl (C=O) groups excluding carboxylic acids is 2. The number of hydrogen-bond acceptors (Lipinski definition) is 3. The predicted octanol–water partition coefficient (Wildman–Crippen LogP) is 2.62. The van der Waals surface area contributed by atoms with Crippen LogP contribution in [0, 0.1) is 5.92 Å². The topological polar surface area (TPSA) is 54.4 Å². The molecule has 2 unspecified atom stereocenters. The molecule has 3 nitrogen and oxygen atoms in total. The van der Waals surface area contributed by atoms with E-state index in [0.717, 1.165) is 9.76 Å². The fourth-order valence-electron chi connectivity index (χ4n) is 2.75. The number of benzene rings is 1. The molecule has 1 aliphatic carbocycles. The van der Waals surface area contributed by atoms with Crippen LogP contribution in [0.1, 0.15) is 27.6 Å². The summed E-state index contributed by atoms with van der Waals surface area (Å²) >= 11 is 0. The Kier molecular flexibility index (Phi) is 3.74. The van der Waals surface area contributed by atoms with Gasteiger partial charge in [0.25, 0.3) is 0 Å². The number of carbonyl (C=O) groups is 2. The molecule has 2 aliphatic rings. The third kappa shape index (κ3) is 2.34. The highest BCUT2D eigenvalue weighted by Gasteiger charge is 2.32. The first-order valence-corrected chi connectivity index (χ1v) is 8.25. The second kappa shape index (κ2) is 5.54. The van der Waals surface area contributed by atoms with Crippen molar-refractivity contribution in [2.75, 3.05) is 12.4 Å². The maximum Gasteiger partial charge on any atom is 0.175 e. The molecule has 21 heavy (non-hydrogen) atoms. The van der Waals surface area contributed by atoms with Crippen molar-refractivity contribution in [3.63, 3.8) is 0 Å². The molecule has 2 atom stereocenters. The predicted molar refractivity (Wildman–Crippen MR) is 85.4 cm³/mol. The first-order chi connectivity index (χ1) is 10.1. The van der Waals surface area contributed by atoms with Gasteiger partial charge in [-0.1, -0.05) is 30.4 Å². The van der Waals surface area contributed by atoms with Crippen molar-refractivity contribution in [2.24, 2.45) is 5.92 Å². The smallest absolute Gasteiger partial charge is 0.175 e. The van der Waals surface area contributed by atoms with Gasteiger partial charge in [-0.05, 0) is 23.9 Å². The molecule has 0 saturated carbocycles. The average Bonchev–Trinajstić information content (AvgIpc) is 2.51. The monoisotopic (exact) mass is 300 g/mol. The van der Waals surface area contributed by atoms with Crippen molar-refractivity contribution < 1.29 is 14.7 Å². The molecule has 1 heterocycles. The van der Waals surface area contributed by atoms with E-state index in [-0.39, 0.29) is 34.6 Å². The van der Waals surface area contributed by atoms with E-state index in [1.54, 1.807) is 12.1 Å².